The van der Waals surface area contributed by atoms with Gasteiger partial charge in [0.15, 0.2) is 11.6 Å². The molecule has 0 saturated carbocycles. The fraction of sp³-hybridized carbons (Fsp3) is 0.467. The number of amides is 2. The maximum Gasteiger partial charge on any atom is 0.408 e. The number of Topliss-reactive ketones (excluding diaryl/α,β-unsaturated/α-hetero) is 2. The molecule has 0 aromatic heterocycles. The summed E-state index contributed by atoms with van der Waals surface area (Å²) in [5, 5.41) is 5.48. The van der Waals surface area contributed by atoms with E-state index < -0.39 is 29.7 Å². The van der Waals surface area contributed by atoms with E-state index in [0.29, 0.717) is 19.4 Å². The van der Waals surface area contributed by atoms with Crippen molar-refractivity contribution in [1.82, 2.24) is 10.6 Å². The summed E-state index contributed by atoms with van der Waals surface area (Å²) in [4.78, 5) is 51.9. The van der Waals surface area contributed by atoms with Crippen LogP contribution in [-0.4, -0.2) is 47.9 Å². The summed E-state index contributed by atoms with van der Waals surface area (Å²) in [6.45, 7) is 7.60. The highest BCUT2D eigenvalue weighted by Gasteiger charge is 2.51. The second-order valence-electron chi connectivity index (χ2n) is 10.2. The lowest BCUT2D eigenvalue weighted by atomic mass is 9.87. The lowest BCUT2D eigenvalue weighted by Crippen LogP contribution is -2.52. The van der Waals surface area contributed by atoms with Gasteiger partial charge >= 0.3 is 6.09 Å². The molecule has 2 amide bonds. The first kappa shape index (κ1) is 29.0. The first-order chi connectivity index (χ1) is 18.1. The summed E-state index contributed by atoms with van der Waals surface area (Å²) >= 11 is 0. The van der Waals surface area contributed by atoms with Crippen molar-refractivity contribution in [3.63, 3.8) is 0 Å². The fourth-order valence-electron chi connectivity index (χ4n) is 4.15. The van der Waals surface area contributed by atoms with Crippen LogP contribution in [0.1, 0.15) is 51.7 Å². The standard InChI is InChI=1S/C30H38N2O6/c1-5-20(2)26(27(34)30(4)19-38-30)32-28(35)24(16-22-12-8-6-9-13-22)17-25(33)21(3)31-29(36)37-18-23-14-10-7-11-15-23/h6-15,20-21,24,26H,5,16-19H2,1-4H3,(H,31,36)(H,32,35)/t20-,21+,24-,26?,30-/m1/s1. The number of carbonyl (C=O) groups is 4. The molecular formula is C30H38N2O6. The first-order valence-corrected chi connectivity index (χ1v) is 13.2. The minimum atomic E-state index is -0.870. The number of nitrogens with one attached hydrogen (secondary N) is 2. The van der Waals surface area contributed by atoms with Crippen molar-refractivity contribution in [2.45, 2.75) is 71.2 Å². The Labute approximate surface area is 224 Å². The second kappa shape index (κ2) is 13.3. The Morgan fingerprint density at radius 1 is 0.947 bits per heavy atom. The molecule has 38 heavy (non-hydrogen) atoms. The summed E-state index contributed by atoms with van der Waals surface area (Å²) in [5.74, 6) is -1.64. The maximum atomic E-state index is 13.5. The molecule has 2 aromatic rings. The quantitative estimate of drug-likeness (QED) is 0.363. The molecule has 1 heterocycles. The lowest BCUT2D eigenvalue weighted by molar-refractivity contribution is -0.135. The van der Waals surface area contributed by atoms with Crippen LogP contribution in [0.25, 0.3) is 0 Å². The predicted octanol–water partition coefficient (Wildman–Crippen LogP) is 4.01. The molecule has 1 aliphatic heterocycles. The molecule has 2 aromatic carbocycles. The molecule has 1 aliphatic rings. The molecule has 0 aliphatic carbocycles. The second-order valence-corrected chi connectivity index (χ2v) is 10.2. The lowest BCUT2D eigenvalue weighted by Gasteiger charge is -2.27. The summed E-state index contributed by atoms with van der Waals surface area (Å²) in [5.41, 5.74) is 0.856. The van der Waals surface area contributed by atoms with Gasteiger partial charge in [0.25, 0.3) is 0 Å². The Morgan fingerprint density at radius 2 is 1.53 bits per heavy atom. The van der Waals surface area contributed by atoms with Gasteiger partial charge in [-0.25, -0.2) is 4.79 Å². The first-order valence-electron chi connectivity index (χ1n) is 13.2. The third-order valence-electron chi connectivity index (χ3n) is 7.07. The topological polar surface area (TPSA) is 114 Å². The molecule has 204 valence electrons. The van der Waals surface area contributed by atoms with E-state index in [9.17, 15) is 19.2 Å². The van der Waals surface area contributed by atoms with Crippen LogP contribution < -0.4 is 10.6 Å². The molecule has 0 radical (unpaired) electrons. The van der Waals surface area contributed by atoms with Crippen LogP contribution >= 0.6 is 0 Å². The summed E-state index contributed by atoms with van der Waals surface area (Å²) in [6.07, 6.45) is 0.203. The number of ketones is 2. The Morgan fingerprint density at radius 3 is 2.08 bits per heavy atom. The van der Waals surface area contributed by atoms with E-state index in [1.54, 1.807) is 13.8 Å². The molecule has 2 N–H and O–H groups in total. The van der Waals surface area contributed by atoms with Gasteiger partial charge in [0.1, 0.15) is 12.2 Å². The zero-order valence-corrected chi connectivity index (χ0v) is 22.6. The number of carbonyl (C=O) groups excluding carboxylic acids is 4. The smallest absolute Gasteiger partial charge is 0.408 e. The van der Waals surface area contributed by atoms with E-state index >= 15 is 0 Å². The maximum absolute atomic E-state index is 13.5. The van der Waals surface area contributed by atoms with Crippen LogP contribution in [0, 0.1) is 11.8 Å². The van der Waals surface area contributed by atoms with Crippen molar-refractivity contribution in [3.05, 3.63) is 71.8 Å². The molecule has 1 saturated heterocycles. The molecule has 0 spiro atoms. The highest BCUT2D eigenvalue weighted by molar-refractivity contribution is 5.98. The van der Waals surface area contributed by atoms with Gasteiger partial charge < -0.3 is 20.1 Å². The van der Waals surface area contributed by atoms with Crippen molar-refractivity contribution < 1.29 is 28.7 Å². The summed E-state index contributed by atoms with van der Waals surface area (Å²) in [6, 6.07) is 17.1. The number of hydrogen-bond acceptors (Lipinski definition) is 6. The number of epoxide rings is 1. The molecule has 0 bridgehead atoms. The fourth-order valence-corrected chi connectivity index (χ4v) is 4.15. The van der Waals surface area contributed by atoms with Crippen LogP contribution in [0.4, 0.5) is 4.79 Å². The Balaban J connectivity index is 1.66. The van der Waals surface area contributed by atoms with Crippen LogP contribution in [0.15, 0.2) is 60.7 Å². The average molecular weight is 523 g/mol. The SMILES string of the molecule is CC[C@@H](C)C(NC(=O)[C@@H](CC(=O)[C@H](C)NC(=O)OCc1ccccc1)Cc1ccccc1)C(=O)[C@@]1(C)CO1. The van der Waals surface area contributed by atoms with Crippen LogP contribution in [0.2, 0.25) is 0 Å². The van der Waals surface area contributed by atoms with E-state index in [1.165, 1.54) is 0 Å². The van der Waals surface area contributed by atoms with Crippen molar-refractivity contribution in [1.29, 1.82) is 0 Å². The van der Waals surface area contributed by atoms with Gasteiger partial charge in [-0.2, -0.15) is 0 Å². The minimum Gasteiger partial charge on any atom is -0.445 e. The minimum absolute atomic E-state index is 0.0836. The van der Waals surface area contributed by atoms with Gasteiger partial charge in [0.05, 0.1) is 18.7 Å². The molecule has 8 nitrogen and oxygen atoms in total. The van der Waals surface area contributed by atoms with Gasteiger partial charge in [-0.05, 0) is 37.3 Å². The molecular weight excluding hydrogens is 484 g/mol. The van der Waals surface area contributed by atoms with Gasteiger partial charge in [0.2, 0.25) is 5.91 Å². The van der Waals surface area contributed by atoms with Crippen LogP contribution in [-0.2, 0) is 36.9 Å². The van der Waals surface area contributed by atoms with Gasteiger partial charge in [-0.15, -0.1) is 0 Å². The van der Waals surface area contributed by atoms with Crippen molar-refractivity contribution in [2.24, 2.45) is 11.8 Å². The average Bonchev–Trinajstić information content (AvgIpc) is 3.68. The Kier molecular flexibility index (Phi) is 10.2. The van der Waals surface area contributed by atoms with E-state index in [2.05, 4.69) is 10.6 Å². The molecule has 8 heteroatoms. The largest absolute Gasteiger partial charge is 0.445 e. The molecule has 1 fully saturated rings. The number of benzene rings is 2. The monoisotopic (exact) mass is 522 g/mol. The van der Waals surface area contributed by atoms with Crippen LogP contribution in [0.5, 0.6) is 0 Å². The predicted molar refractivity (Wildman–Crippen MR) is 143 cm³/mol. The number of hydrogen-bond donors (Lipinski definition) is 2. The van der Waals surface area contributed by atoms with Crippen LogP contribution in [0.3, 0.4) is 0 Å². The molecule has 3 rings (SSSR count). The molecule has 5 atom stereocenters. The van der Waals surface area contributed by atoms with Crippen molar-refractivity contribution >= 4 is 23.6 Å². The van der Waals surface area contributed by atoms with Crippen molar-refractivity contribution in [3.8, 4) is 0 Å². The Bertz CT molecular complexity index is 1100. The Hall–Kier alpha value is -3.52. The molecule has 1 unspecified atom stereocenters. The zero-order chi connectivity index (χ0) is 27.7. The van der Waals surface area contributed by atoms with Gasteiger partial charge in [-0.1, -0.05) is 80.9 Å². The van der Waals surface area contributed by atoms with E-state index in [0.717, 1.165) is 11.1 Å². The van der Waals surface area contributed by atoms with E-state index in [1.807, 2.05) is 74.5 Å². The summed E-state index contributed by atoms with van der Waals surface area (Å²) in [7, 11) is 0. The van der Waals surface area contributed by atoms with Gasteiger partial charge in [-0.3, -0.25) is 14.4 Å². The van der Waals surface area contributed by atoms with Gasteiger partial charge in [0, 0.05) is 12.3 Å². The normalized spacial score (nSPS) is 19.4. The zero-order valence-electron chi connectivity index (χ0n) is 22.6. The number of ether oxygens (including phenoxy) is 2. The highest BCUT2D eigenvalue weighted by Crippen LogP contribution is 2.30. The number of rotatable bonds is 14. The third kappa shape index (κ3) is 8.25. The number of alkyl carbamates (subject to hydrolysis) is 1. The van der Waals surface area contributed by atoms with Crippen molar-refractivity contribution in [2.75, 3.05) is 6.61 Å². The van der Waals surface area contributed by atoms with E-state index in [4.69, 9.17) is 9.47 Å². The van der Waals surface area contributed by atoms with E-state index in [-0.39, 0.29) is 36.4 Å². The highest BCUT2D eigenvalue weighted by atomic mass is 16.6. The summed E-state index contributed by atoms with van der Waals surface area (Å²) < 4.78 is 10.6. The third-order valence-corrected chi connectivity index (χ3v) is 7.07.